The van der Waals surface area contributed by atoms with Crippen LogP contribution in [0.1, 0.15) is 30.1 Å². The number of fused-ring (bicyclic) bond motifs is 2. The first-order valence-corrected chi connectivity index (χ1v) is 12.5. The van der Waals surface area contributed by atoms with Crippen LogP contribution in [0.5, 0.6) is 5.75 Å². The molecular formula is C29H28BN5O2. The Balaban J connectivity index is 1.32. The molecule has 3 aromatic carbocycles. The minimum Gasteiger partial charge on any atom is -0.507 e. The van der Waals surface area contributed by atoms with Gasteiger partial charge in [-0.25, -0.2) is 4.98 Å². The number of para-hydroxylation sites is 1. The number of nitrogens with one attached hydrogen (secondary N) is 1. The van der Waals surface area contributed by atoms with Crippen molar-refractivity contribution in [2.45, 2.75) is 19.8 Å². The molecule has 8 heteroatoms. The monoisotopic (exact) mass is 489 g/mol. The second-order valence-corrected chi connectivity index (χ2v) is 8.98. The van der Waals surface area contributed by atoms with Crippen LogP contribution in [0.4, 0.5) is 5.82 Å². The summed E-state index contributed by atoms with van der Waals surface area (Å²) in [7, 11) is 6.11. The maximum absolute atomic E-state index is 13.5. The highest BCUT2D eigenvalue weighted by Gasteiger charge is 2.17. The molecule has 2 radical (unpaired) electrons. The van der Waals surface area contributed by atoms with Gasteiger partial charge in [-0.3, -0.25) is 4.79 Å². The summed E-state index contributed by atoms with van der Waals surface area (Å²) in [5.74, 6) is 0.902. The lowest BCUT2D eigenvalue weighted by Crippen LogP contribution is -2.33. The molecule has 0 aliphatic heterocycles. The summed E-state index contributed by atoms with van der Waals surface area (Å²) in [5, 5.41) is 20.1. The number of phenols is 1. The van der Waals surface area contributed by atoms with Crippen LogP contribution in [-0.2, 0) is 0 Å². The normalized spacial score (nSPS) is 11.2. The molecule has 5 rings (SSSR count). The van der Waals surface area contributed by atoms with E-state index in [1.165, 1.54) is 0 Å². The molecule has 1 amide bonds. The molecule has 0 unspecified atom stereocenters. The van der Waals surface area contributed by atoms with E-state index < -0.39 is 0 Å². The Morgan fingerprint density at radius 1 is 1.05 bits per heavy atom. The van der Waals surface area contributed by atoms with Gasteiger partial charge in [-0.2, -0.15) is 9.61 Å². The van der Waals surface area contributed by atoms with Gasteiger partial charge >= 0.3 is 0 Å². The van der Waals surface area contributed by atoms with Crippen molar-refractivity contribution in [2.24, 2.45) is 0 Å². The number of hydrogen-bond acceptors (Lipinski definition) is 5. The fourth-order valence-electron chi connectivity index (χ4n) is 4.59. The van der Waals surface area contributed by atoms with E-state index in [0.29, 0.717) is 47.8 Å². The van der Waals surface area contributed by atoms with Crippen LogP contribution in [0.25, 0.3) is 27.7 Å². The standard InChI is InChI=1S/C29H28BN5O2/c1-2-16-34(29(37)22-13-7-10-20-9-3-4-11-21(20)22)17-8-15-31-27-18-25(23-12-5-6-14-26(23)36)33-28-24(30)19-32-35(27)28/h3-7,9-14,18-19,31,36H,2,8,15-17H2,1H3. The molecule has 184 valence electrons. The van der Waals surface area contributed by atoms with Crippen molar-refractivity contribution in [3.63, 3.8) is 0 Å². The number of aromatic nitrogens is 3. The number of hydrogen-bond donors (Lipinski definition) is 2. The number of carbonyl (C=O) groups excluding carboxylic acids is 1. The van der Waals surface area contributed by atoms with Gasteiger partial charge < -0.3 is 15.3 Å². The number of carbonyl (C=O) groups is 1. The van der Waals surface area contributed by atoms with Gasteiger partial charge in [-0.1, -0.05) is 55.5 Å². The van der Waals surface area contributed by atoms with E-state index in [1.54, 1.807) is 22.8 Å². The summed E-state index contributed by atoms with van der Waals surface area (Å²) in [6.45, 7) is 4.00. The molecule has 0 saturated carbocycles. The van der Waals surface area contributed by atoms with E-state index in [0.717, 1.165) is 29.2 Å². The van der Waals surface area contributed by atoms with Crippen molar-refractivity contribution < 1.29 is 9.90 Å². The largest absolute Gasteiger partial charge is 0.507 e. The number of benzene rings is 3. The Hall–Kier alpha value is -4.33. The molecule has 37 heavy (non-hydrogen) atoms. The Bertz CT molecular complexity index is 1560. The van der Waals surface area contributed by atoms with Gasteiger partial charge in [0.2, 0.25) is 0 Å². The first-order valence-electron chi connectivity index (χ1n) is 12.5. The summed E-state index contributed by atoms with van der Waals surface area (Å²) in [4.78, 5) is 20.0. The quantitative estimate of drug-likeness (QED) is 0.237. The van der Waals surface area contributed by atoms with Crippen molar-refractivity contribution in [3.8, 4) is 17.0 Å². The fourth-order valence-corrected chi connectivity index (χ4v) is 4.59. The Morgan fingerprint density at radius 3 is 2.68 bits per heavy atom. The minimum atomic E-state index is 0.0478. The van der Waals surface area contributed by atoms with Gasteiger partial charge in [0.05, 0.1) is 5.69 Å². The molecule has 5 aromatic rings. The third-order valence-corrected chi connectivity index (χ3v) is 6.39. The molecule has 0 atom stereocenters. The molecule has 0 saturated heterocycles. The molecule has 2 aromatic heterocycles. The number of anilines is 1. The molecule has 0 spiro atoms. The highest BCUT2D eigenvalue weighted by Crippen LogP contribution is 2.29. The Kier molecular flexibility index (Phi) is 7.08. The summed E-state index contributed by atoms with van der Waals surface area (Å²) >= 11 is 0. The minimum absolute atomic E-state index is 0.0478. The smallest absolute Gasteiger partial charge is 0.254 e. The molecular weight excluding hydrogens is 461 g/mol. The van der Waals surface area contributed by atoms with Crippen molar-refractivity contribution in [3.05, 3.63) is 84.6 Å². The van der Waals surface area contributed by atoms with Crippen LogP contribution in [-0.4, -0.2) is 58.0 Å². The average molecular weight is 489 g/mol. The van der Waals surface area contributed by atoms with Crippen LogP contribution < -0.4 is 10.8 Å². The molecule has 0 aliphatic rings. The predicted molar refractivity (Wildman–Crippen MR) is 149 cm³/mol. The van der Waals surface area contributed by atoms with E-state index in [2.05, 4.69) is 22.3 Å². The molecule has 7 nitrogen and oxygen atoms in total. The zero-order valence-electron chi connectivity index (χ0n) is 20.8. The van der Waals surface area contributed by atoms with Crippen molar-refractivity contribution in [1.29, 1.82) is 0 Å². The maximum Gasteiger partial charge on any atom is 0.254 e. The third-order valence-electron chi connectivity index (χ3n) is 6.39. The molecule has 0 aliphatic carbocycles. The van der Waals surface area contributed by atoms with Crippen LogP contribution in [0.2, 0.25) is 0 Å². The first kappa shape index (κ1) is 24.4. The highest BCUT2D eigenvalue weighted by molar-refractivity contribution is 6.36. The van der Waals surface area contributed by atoms with Crippen LogP contribution >= 0.6 is 0 Å². The van der Waals surface area contributed by atoms with E-state index in [9.17, 15) is 9.90 Å². The Labute approximate surface area is 217 Å². The molecule has 0 fully saturated rings. The van der Waals surface area contributed by atoms with Crippen LogP contribution in [0.3, 0.4) is 0 Å². The summed E-state index contributed by atoms with van der Waals surface area (Å²) in [5.41, 5.74) is 2.91. The van der Waals surface area contributed by atoms with Crippen LogP contribution in [0, 0.1) is 0 Å². The van der Waals surface area contributed by atoms with Crippen molar-refractivity contribution >= 4 is 41.5 Å². The summed E-state index contributed by atoms with van der Waals surface area (Å²) < 4.78 is 1.66. The predicted octanol–water partition coefficient (Wildman–Crippen LogP) is 4.40. The average Bonchev–Trinajstić information content (AvgIpc) is 3.30. The maximum atomic E-state index is 13.5. The second-order valence-electron chi connectivity index (χ2n) is 8.98. The van der Waals surface area contributed by atoms with Crippen molar-refractivity contribution in [1.82, 2.24) is 19.5 Å². The topological polar surface area (TPSA) is 82.8 Å². The molecule has 2 N–H and O–H groups in total. The number of nitrogens with zero attached hydrogens (tertiary/aromatic N) is 4. The SMILES string of the molecule is [B]c1cnn2c(NCCCN(CCC)C(=O)c3cccc4ccccc34)cc(-c3ccccc3O)nc12. The number of phenolic OH excluding ortho intramolecular Hbond substituents is 1. The molecule has 2 heterocycles. The lowest BCUT2D eigenvalue weighted by molar-refractivity contribution is 0.0757. The summed E-state index contributed by atoms with van der Waals surface area (Å²) in [6, 6.07) is 22.8. The van der Waals surface area contributed by atoms with E-state index in [4.69, 9.17) is 7.85 Å². The first-order chi connectivity index (χ1) is 18.1. The summed E-state index contributed by atoms with van der Waals surface area (Å²) in [6.07, 6.45) is 3.18. The second kappa shape index (κ2) is 10.7. The zero-order valence-corrected chi connectivity index (χ0v) is 20.8. The van der Waals surface area contributed by atoms with E-state index in [1.807, 2.05) is 65.6 Å². The number of aromatic hydroxyl groups is 1. The number of amides is 1. The Morgan fingerprint density at radius 2 is 1.84 bits per heavy atom. The van der Waals surface area contributed by atoms with Crippen molar-refractivity contribution in [2.75, 3.05) is 25.0 Å². The van der Waals surface area contributed by atoms with Gasteiger partial charge in [0, 0.05) is 43.0 Å². The third kappa shape index (κ3) is 5.00. The van der Waals surface area contributed by atoms with E-state index >= 15 is 0 Å². The fraction of sp³-hybridized carbons (Fsp3) is 0.207. The zero-order chi connectivity index (χ0) is 25.8. The van der Waals surface area contributed by atoms with Gasteiger partial charge in [0.25, 0.3) is 5.91 Å². The highest BCUT2D eigenvalue weighted by atomic mass is 16.3. The van der Waals surface area contributed by atoms with Gasteiger partial charge in [0.1, 0.15) is 19.4 Å². The lowest BCUT2D eigenvalue weighted by Gasteiger charge is -2.23. The van der Waals surface area contributed by atoms with Gasteiger partial charge in [0.15, 0.2) is 5.65 Å². The van der Waals surface area contributed by atoms with Gasteiger partial charge in [-0.05, 0) is 47.3 Å². The van der Waals surface area contributed by atoms with E-state index in [-0.39, 0.29) is 11.7 Å². The molecule has 0 bridgehead atoms. The van der Waals surface area contributed by atoms with Gasteiger partial charge in [-0.15, -0.1) is 0 Å². The lowest BCUT2D eigenvalue weighted by atomic mass is 10.0. The number of rotatable bonds is 9. The van der Waals surface area contributed by atoms with Crippen LogP contribution in [0.15, 0.2) is 79.0 Å².